The molecular formula is C99H144N18O18. The predicted octanol–water partition coefficient (Wildman–Crippen LogP) is 10.5. The molecule has 18 atom stereocenters. The van der Waals surface area contributed by atoms with Gasteiger partial charge in [0.1, 0.15) is 0 Å². The number of imidazole rings is 9. The van der Waals surface area contributed by atoms with E-state index < -0.39 is 325 Å². The minimum absolute atomic E-state index is 0.0245. The van der Waals surface area contributed by atoms with Crippen LogP contribution in [-0.4, -0.2) is 199 Å². The minimum Gasteiger partial charge on any atom is -0.465 e. The summed E-state index contributed by atoms with van der Waals surface area (Å²) in [5.74, 6) is -39.3. The Hall–Kier alpha value is -11.9. The number of hydrogen-bond donors (Lipinski definition) is 0. The third-order valence-electron chi connectivity index (χ3n) is 21.9. The average Bonchev–Trinajstić information content (AvgIpc) is 1.50. The number of rotatable bonds is 27. The molecule has 18 heterocycles. The van der Waals surface area contributed by atoms with Crippen molar-refractivity contribution in [2.75, 3.05) is 59.3 Å². The standard InChI is InChI=1S/9C11H16N2O2/c9*1-3-10-8(6-15-11(10)14)4-9-5-12-7-13(9)2/h9*5,7-8,10H,3-4,6H2,1-2H3/t9*8-,10-/m000000000/s1/i2D3,3D2,4D2,6D2,8D,10D;2D3,4D2,6D2,8D,10D;2D3,4D2,6D2,8D;1D3,2D3,3D2,10D;1D3,3D2,10D;1D3,2D3,10D;1D3,10D;1D3,2D3;1D3. The number of carbonyl (C=O) groups excluding carboxylic acids is 9. The molecule has 0 N–H and O–H groups in total. The molecule has 36 heteroatoms. The third kappa shape index (κ3) is 28.4. The number of aryl methyl sites for hydroxylation is 9. The highest BCUT2D eigenvalue weighted by molar-refractivity contribution is 5.78. The fourth-order valence-electron chi connectivity index (χ4n) is 14.1. The third-order valence-corrected chi connectivity index (χ3v) is 21.9. The quantitative estimate of drug-likeness (QED) is 0.0341. The largest absolute Gasteiger partial charge is 0.465 e. The van der Waals surface area contributed by atoms with Gasteiger partial charge in [0.15, 0.2) is 0 Å². The molecule has 9 saturated heterocycles. The highest BCUT2D eigenvalue weighted by Gasteiger charge is 2.43. The van der Waals surface area contributed by atoms with Gasteiger partial charge in [-0.15, -0.1) is 0 Å². The molecule has 738 valence electrons. The van der Waals surface area contributed by atoms with Crippen LogP contribution in [0.15, 0.2) is 113 Å². The summed E-state index contributed by atoms with van der Waals surface area (Å²) in [6.07, 6.45) is 3.08. The molecular weight excluding hydrogens is 1730 g/mol. The van der Waals surface area contributed by atoms with Gasteiger partial charge in [0, 0.05) is 301 Å². The summed E-state index contributed by atoms with van der Waals surface area (Å²) >= 11 is 0. The van der Waals surface area contributed by atoms with Crippen LogP contribution >= 0.6 is 0 Å². The number of carbonyl (C=O) groups is 9. The van der Waals surface area contributed by atoms with E-state index in [2.05, 4.69) is 59.1 Å². The molecule has 0 saturated carbocycles. The molecule has 0 unspecified atom stereocenters. The van der Waals surface area contributed by atoms with Crippen molar-refractivity contribution in [2.45, 2.75) is 177 Å². The molecule has 0 amide bonds. The number of nitrogens with zero attached hydrogens (tertiary/aromatic N) is 18. The van der Waals surface area contributed by atoms with Crippen molar-refractivity contribution in [3.8, 4) is 0 Å². The first kappa shape index (κ1) is 48.2. The van der Waals surface area contributed by atoms with Crippen LogP contribution < -0.4 is 0 Å². The van der Waals surface area contributed by atoms with Crippen molar-refractivity contribution in [1.82, 2.24) is 86.0 Å². The first-order chi connectivity index (χ1) is 89.2. The SMILES string of the molecule is [2H]C([2H])([2H])C([2H])([2H])[C@]1([2H])C(=O)OC[C@@H]1Cc1cncn1C.[2H]C([2H])([2H])C[C@@H]1C(=O)OC[C@@H]1Cc1cncn1C.[2H]C([2H])([2H])C[C@@H]1C(=O)OC[C@@H]1Cc1cncn1C([2H])([2H])[2H].[2H]C([2H])([2H])C[C@]1([2H])C(=O)OC[C@@H]1Cc1cncn1C.[2H]C([2H])([2H])C[C@]1([2H])C(=O)OC[C@@H]1Cc1cncn1C([2H])([2H])[2H].[2H]C([2H])([2H])n1cncc1C([2H])([2H])[C@@]1([2H])C([2H])([2H])OC(=O)[C@@]1([2H])C([2H])([2H])C.[2H]C([2H])([2H])n1cncc1C([2H])([2H])[C@@]1([2H])C([2H])([2H])OC(=O)[C@@]1([2H])CC.[2H]C([2H])([2H])n1cncc1C([2H])([2H])[C@]1([2H])[C@H](CC)C(=O)OC1([2H])[2H].[2H]C([2H])([2H])n1cncc1C[C@H]1COC(=O)[C@@]1([2H])C([2H])([2H])C([2H])([2H])[2H]. The molecule has 0 spiro atoms. The van der Waals surface area contributed by atoms with Crippen molar-refractivity contribution in [2.24, 2.45) is 169 Å². The van der Waals surface area contributed by atoms with Crippen molar-refractivity contribution in [1.29, 1.82) is 0 Å². The fraction of sp³-hybridized carbons (Fsp3) is 0.636. The van der Waals surface area contributed by atoms with Gasteiger partial charge in [-0.05, 0) is 115 Å². The summed E-state index contributed by atoms with van der Waals surface area (Å²) < 4.78 is 535. The Kier molecular flexibility index (Phi) is 18.5. The van der Waals surface area contributed by atoms with Crippen LogP contribution in [0.2, 0.25) is 0 Å². The van der Waals surface area contributed by atoms with E-state index >= 15 is 0 Å². The lowest BCUT2D eigenvalue weighted by atomic mass is 9.89. The van der Waals surface area contributed by atoms with Crippen LogP contribution in [-0.2, 0) is 206 Å². The van der Waals surface area contributed by atoms with Gasteiger partial charge in [-0.1, -0.05) is 61.9 Å². The molecule has 9 aromatic rings. The second-order valence-electron chi connectivity index (χ2n) is 30.5. The van der Waals surface area contributed by atoms with E-state index in [1.54, 1.807) is 41.2 Å². The number of esters is 9. The molecule has 0 aliphatic carbocycles. The van der Waals surface area contributed by atoms with E-state index in [0.29, 0.717) is 50.2 Å². The van der Waals surface area contributed by atoms with E-state index in [4.69, 9.17) is 115 Å². The molecule has 9 aliphatic rings. The maximum atomic E-state index is 12.2. The summed E-state index contributed by atoms with van der Waals surface area (Å²) in [7, 11) is 5.41. The summed E-state index contributed by atoms with van der Waals surface area (Å²) in [4.78, 5) is 141. The van der Waals surface area contributed by atoms with Crippen LogP contribution in [0, 0.1) is 106 Å². The maximum absolute atomic E-state index is 12.2. The predicted molar refractivity (Wildman–Crippen MR) is 496 cm³/mol. The lowest BCUT2D eigenvalue weighted by molar-refractivity contribution is -0.142. The lowest BCUT2D eigenvalue weighted by Crippen LogP contribution is -2.18. The van der Waals surface area contributed by atoms with Crippen LogP contribution in [0.1, 0.15) is 257 Å². The van der Waals surface area contributed by atoms with Crippen LogP contribution in [0.25, 0.3) is 0 Å². The van der Waals surface area contributed by atoms with Gasteiger partial charge in [-0.3, -0.25) is 43.2 Å². The summed E-state index contributed by atoms with van der Waals surface area (Å²) in [6.45, 7) is -37.4. The van der Waals surface area contributed by atoms with Crippen LogP contribution in [0.3, 0.4) is 0 Å². The van der Waals surface area contributed by atoms with Crippen LogP contribution in [0.4, 0.5) is 0 Å². The van der Waals surface area contributed by atoms with Gasteiger partial charge in [-0.25, -0.2) is 44.9 Å². The number of ether oxygens (including phenoxy) is 9. The smallest absolute Gasteiger partial charge is 0.309 e. The normalized spacial score (nSPS) is 40.3. The Morgan fingerprint density at radius 1 is 0.274 bits per heavy atom. The molecule has 9 aromatic heterocycles. The summed E-state index contributed by atoms with van der Waals surface area (Å²) in [5.41, 5.74) is 1.44. The molecule has 0 aromatic carbocycles. The van der Waals surface area contributed by atoms with Gasteiger partial charge in [-0.2, -0.15) is 0 Å². The van der Waals surface area contributed by atoms with Gasteiger partial charge >= 0.3 is 53.7 Å². The Morgan fingerprint density at radius 3 is 0.837 bits per heavy atom. The first-order valence-electron chi connectivity index (χ1n) is 72.9. The number of hydrogen-bond acceptors (Lipinski definition) is 27. The Morgan fingerprint density at radius 2 is 0.526 bits per heavy atom. The van der Waals surface area contributed by atoms with Gasteiger partial charge in [0.25, 0.3) is 0 Å². The zero-order valence-electron chi connectivity index (χ0n) is 137. The van der Waals surface area contributed by atoms with Crippen molar-refractivity contribution < 1.29 is 172 Å². The van der Waals surface area contributed by atoms with Crippen molar-refractivity contribution in [3.05, 3.63) is 164 Å². The summed E-state index contributed by atoms with van der Waals surface area (Å²) in [6, 6.07) is 0. The second-order valence-corrected chi connectivity index (χ2v) is 30.5. The van der Waals surface area contributed by atoms with E-state index in [-0.39, 0.29) is 95.5 Å². The second kappa shape index (κ2) is 51.7. The van der Waals surface area contributed by atoms with Gasteiger partial charge < -0.3 is 83.7 Å². The Balaban J connectivity index is 0.000000222. The molecule has 18 rings (SSSR count). The van der Waals surface area contributed by atoms with E-state index in [1.807, 2.05) is 18.7 Å². The van der Waals surface area contributed by atoms with E-state index in [0.717, 1.165) is 82.2 Å². The molecule has 135 heavy (non-hydrogen) atoms. The Labute approximate surface area is 881 Å². The molecule has 0 bridgehead atoms. The average molecular weight is 1940 g/mol. The highest BCUT2D eigenvalue weighted by atomic mass is 16.6. The van der Waals surface area contributed by atoms with Crippen LogP contribution in [0.5, 0.6) is 0 Å². The first-order valence-corrected chi connectivity index (χ1v) is 41.4. The monoisotopic (exact) mass is 1940 g/mol. The molecule has 0 radical (unpaired) electrons. The number of cyclic esters (lactones) is 9. The maximum Gasteiger partial charge on any atom is 0.309 e. The molecule has 9 fully saturated rings. The van der Waals surface area contributed by atoms with Crippen molar-refractivity contribution >= 4 is 53.7 Å². The van der Waals surface area contributed by atoms with E-state index in [9.17, 15) is 43.2 Å². The molecule has 36 nitrogen and oxygen atoms in total. The Bertz CT molecular complexity index is 8150. The fourth-order valence-corrected chi connectivity index (χ4v) is 14.1. The van der Waals surface area contributed by atoms with Gasteiger partial charge in [0.2, 0.25) is 0 Å². The summed E-state index contributed by atoms with van der Waals surface area (Å²) in [5, 5.41) is 0. The zero-order valence-corrected chi connectivity index (χ0v) is 73.7. The zero-order chi connectivity index (χ0) is 152. The lowest BCUT2D eigenvalue weighted by Gasteiger charge is -2.12. The number of aromatic nitrogens is 18. The van der Waals surface area contributed by atoms with Crippen molar-refractivity contribution in [3.63, 3.8) is 0 Å². The van der Waals surface area contributed by atoms with Gasteiger partial charge in [0.05, 0.1) is 178 Å². The minimum atomic E-state index is -3.49. The molecule has 9 aliphatic heterocycles. The highest BCUT2D eigenvalue weighted by Crippen LogP contribution is 2.36. The van der Waals surface area contributed by atoms with E-state index in [1.165, 1.54) is 51.3 Å². The topological polar surface area (TPSA) is 397 Å².